The van der Waals surface area contributed by atoms with Crippen molar-refractivity contribution < 1.29 is 14.4 Å². The minimum Gasteiger partial charge on any atom is -0.351 e. The molecule has 3 amide bonds. The number of nitrogens with one attached hydrogen (secondary N) is 3. The van der Waals surface area contributed by atoms with Gasteiger partial charge in [0.1, 0.15) is 22.9 Å². The molecule has 31 heavy (non-hydrogen) atoms. The predicted octanol–water partition coefficient (Wildman–Crippen LogP) is 2.88. The molecule has 3 N–H and O–H groups in total. The molecule has 0 bridgehead atoms. The molecule has 1 aromatic rings. The van der Waals surface area contributed by atoms with Crippen LogP contribution in [0.4, 0.5) is 0 Å². The summed E-state index contributed by atoms with van der Waals surface area (Å²) < 4.78 is 0. The van der Waals surface area contributed by atoms with Crippen LogP contribution >= 0.6 is 23.2 Å². The Morgan fingerprint density at radius 1 is 1.35 bits per heavy atom. The summed E-state index contributed by atoms with van der Waals surface area (Å²) in [5.41, 5.74) is -0.140. The molecular weight excluding hydrogens is 441 g/mol. The monoisotopic (exact) mass is 467 g/mol. The maximum atomic E-state index is 13.1. The number of likely N-dealkylation sites (N-methyl/N-ethyl adjacent to an activating group) is 1. The van der Waals surface area contributed by atoms with Crippen molar-refractivity contribution in [3.05, 3.63) is 21.9 Å². The zero-order valence-electron chi connectivity index (χ0n) is 17.8. The number of H-pyrrole nitrogens is 1. The number of nitriles is 1. The fourth-order valence-electron chi connectivity index (χ4n) is 4.04. The fourth-order valence-corrected chi connectivity index (χ4v) is 4.36. The first-order chi connectivity index (χ1) is 14.5. The number of aromatic nitrogens is 1. The summed E-state index contributed by atoms with van der Waals surface area (Å²) in [7, 11) is 1.55. The first kappa shape index (κ1) is 23.4. The van der Waals surface area contributed by atoms with E-state index in [0.29, 0.717) is 18.8 Å². The van der Waals surface area contributed by atoms with E-state index < -0.39 is 23.9 Å². The highest BCUT2D eigenvalue weighted by molar-refractivity contribution is 6.41. The van der Waals surface area contributed by atoms with Crippen molar-refractivity contribution in [1.29, 1.82) is 5.26 Å². The molecule has 8 nitrogen and oxygen atoms in total. The Morgan fingerprint density at radius 3 is 2.52 bits per heavy atom. The first-order valence-corrected chi connectivity index (χ1v) is 11.1. The number of aromatic amines is 1. The van der Waals surface area contributed by atoms with E-state index in [2.05, 4.69) is 21.7 Å². The molecular formula is C21H27Cl2N5O3. The highest BCUT2D eigenvalue weighted by Crippen LogP contribution is 2.35. The zero-order valence-corrected chi connectivity index (χ0v) is 19.3. The second-order valence-corrected chi connectivity index (χ2v) is 9.94. The van der Waals surface area contributed by atoms with Gasteiger partial charge in [-0.05, 0) is 45.1 Å². The number of amides is 3. The molecule has 1 aromatic heterocycles. The molecule has 1 saturated carbocycles. The van der Waals surface area contributed by atoms with Gasteiger partial charge >= 0.3 is 0 Å². The van der Waals surface area contributed by atoms with Crippen LogP contribution in [-0.4, -0.2) is 52.3 Å². The Labute approximate surface area is 191 Å². The quantitative estimate of drug-likeness (QED) is 0.544. The van der Waals surface area contributed by atoms with Gasteiger partial charge in [0.05, 0.1) is 11.1 Å². The third-order valence-corrected chi connectivity index (χ3v) is 6.57. The highest BCUT2D eigenvalue weighted by atomic mass is 35.5. The molecule has 0 spiro atoms. The number of rotatable bonds is 8. The highest BCUT2D eigenvalue weighted by Gasteiger charge is 2.40. The summed E-state index contributed by atoms with van der Waals surface area (Å²) in [5, 5.41) is 15.6. The molecule has 0 aromatic carbocycles. The Bertz CT molecular complexity index is 899. The summed E-state index contributed by atoms with van der Waals surface area (Å²) in [6.45, 7) is 3.85. The van der Waals surface area contributed by atoms with Crippen LogP contribution in [0.15, 0.2) is 6.07 Å². The molecule has 3 rings (SSSR count). The Morgan fingerprint density at radius 2 is 2.03 bits per heavy atom. The van der Waals surface area contributed by atoms with Gasteiger partial charge in [0, 0.05) is 18.5 Å². The van der Waals surface area contributed by atoms with E-state index in [-0.39, 0.29) is 39.7 Å². The molecule has 1 aliphatic carbocycles. The van der Waals surface area contributed by atoms with Gasteiger partial charge in [-0.3, -0.25) is 14.4 Å². The predicted molar refractivity (Wildman–Crippen MR) is 117 cm³/mol. The number of nitrogens with zero attached hydrogens (tertiary/aromatic N) is 2. The molecule has 3 unspecified atom stereocenters. The lowest BCUT2D eigenvalue weighted by Gasteiger charge is -2.28. The number of hydrogen-bond acceptors (Lipinski definition) is 4. The Hall–Kier alpha value is -2.24. The SMILES string of the molecule is CN(C(=O)c1cc(Cl)c(Cl)[nH]1)C(CC1CC1)C(=O)NC(C#N)CC1CC(C)(C)NC1=O. The van der Waals surface area contributed by atoms with Gasteiger partial charge < -0.3 is 20.5 Å². The molecule has 0 radical (unpaired) electrons. The van der Waals surface area contributed by atoms with Gasteiger partial charge in [0.25, 0.3) is 5.91 Å². The largest absolute Gasteiger partial charge is 0.351 e. The van der Waals surface area contributed by atoms with Crippen LogP contribution < -0.4 is 10.6 Å². The Balaban J connectivity index is 1.69. The molecule has 2 fully saturated rings. The maximum Gasteiger partial charge on any atom is 0.270 e. The number of carbonyl (C=O) groups is 3. The topological polar surface area (TPSA) is 118 Å². The lowest BCUT2D eigenvalue weighted by atomic mass is 9.92. The molecule has 2 aliphatic rings. The average molecular weight is 468 g/mol. The van der Waals surface area contributed by atoms with E-state index in [0.717, 1.165) is 12.8 Å². The maximum absolute atomic E-state index is 13.1. The fraction of sp³-hybridized carbons (Fsp3) is 0.619. The summed E-state index contributed by atoms with van der Waals surface area (Å²) in [6, 6.07) is 1.94. The summed E-state index contributed by atoms with van der Waals surface area (Å²) in [4.78, 5) is 42.2. The molecule has 168 valence electrons. The molecule has 1 saturated heterocycles. The van der Waals surface area contributed by atoms with Gasteiger partial charge in [-0.25, -0.2) is 0 Å². The van der Waals surface area contributed by atoms with E-state index in [9.17, 15) is 19.6 Å². The molecule has 1 aliphatic heterocycles. The van der Waals surface area contributed by atoms with Gasteiger partial charge in [0.2, 0.25) is 11.8 Å². The van der Waals surface area contributed by atoms with Crippen LogP contribution in [0.5, 0.6) is 0 Å². The van der Waals surface area contributed by atoms with Crippen LogP contribution in [0.1, 0.15) is 56.4 Å². The Kier molecular flexibility index (Phi) is 6.87. The van der Waals surface area contributed by atoms with Crippen molar-refractivity contribution in [3.8, 4) is 6.07 Å². The van der Waals surface area contributed by atoms with Crippen molar-refractivity contribution >= 4 is 40.9 Å². The summed E-state index contributed by atoms with van der Waals surface area (Å²) in [6.07, 6.45) is 3.34. The molecule has 3 atom stereocenters. The lowest BCUT2D eigenvalue weighted by Crippen LogP contribution is -2.50. The van der Waals surface area contributed by atoms with Crippen molar-refractivity contribution in [1.82, 2.24) is 20.5 Å². The standard InChI is InChI=1S/C21H27Cl2N5O3/c1-21(2)9-12(18(29)27-21)7-13(10-24)25-19(30)16(6-11-4-5-11)28(3)20(31)15-8-14(22)17(23)26-15/h8,11-13,16,26H,4-7,9H2,1-3H3,(H,25,30)(H,27,29). The van der Waals surface area contributed by atoms with E-state index in [1.807, 2.05) is 13.8 Å². The van der Waals surface area contributed by atoms with Crippen LogP contribution in [-0.2, 0) is 9.59 Å². The number of carbonyl (C=O) groups excluding carboxylic acids is 3. The van der Waals surface area contributed by atoms with E-state index >= 15 is 0 Å². The minimum atomic E-state index is -0.822. The van der Waals surface area contributed by atoms with Crippen LogP contribution in [0.25, 0.3) is 0 Å². The third-order valence-electron chi connectivity index (χ3n) is 5.88. The van der Waals surface area contributed by atoms with Crippen LogP contribution in [0.3, 0.4) is 0 Å². The number of halogens is 2. The van der Waals surface area contributed by atoms with Gasteiger partial charge in [-0.15, -0.1) is 0 Å². The normalized spacial score (nSPS) is 21.7. The van der Waals surface area contributed by atoms with E-state index in [1.165, 1.54) is 11.0 Å². The van der Waals surface area contributed by atoms with Gasteiger partial charge in [-0.2, -0.15) is 5.26 Å². The molecule has 10 heteroatoms. The molecule has 2 heterocycles. The summed E-state index contributed by atoms with van der Waals surface area (Å²) in [5.74, 6) is -0.911. The van der Waals surface area contributed by atoms with Crippen LogP contribution in [0.2, 0.25) is 10.2 Å². The van der Waals surface area contributed by atoms with Crippen molar-refractivity contribution in [2.45, 2.75) is 63.6 Å². The summed E-state index contributed by atoms with van der Waals surface area (Å²) >= 11 is 11.8. The van der Waals surface area contributed by atoms with E-state index in [4.69, 9.17) is 23.2 Å². The smallest absolute Gasteiger partial charge is 0.270 e. The first-order valence-electron chi connectivity index (χ1n) is 10.3. The van der Waals surface area contributed by atoms with Gasteiger partial charge in [0.15, 0.2) is 0 Å². The second-order valence-electron chi connectivity index (χ2n) is 9.16. The van der Waals surface area contributed by atoms with Gasteiger partial charge in [-0.1, -0.05) is 36.0 Å². The minimum absolute atomic E-state index is 0.109. The average Bonchev–Trinajstić information content (AvgIpc) is 3.40. The van der Waals surface area contributed by atoms with Crippen molar-refractivity contribution in [2.75, 3.05) is 7.05 Å². The number of hydrogen-bond donors (Lipinski definition) is 3. The second kappa shape index (κ2) is 9.09. The zero-order chi connectivity index (χ0) is 22.9. The van der Waals surface area contributed by atoms with E-state index in [1.54, 1.807) is 7.05 Å². The lowest BCUT2D eigenvalue weighted by molar-refractivity contribution is -0.127. The third kappa shape index (κ3) is 5.72. The van der Waals surface area contributed by atoms with Crippen LogP contribution in [0, 0.1) is 23.2 Å². The van der Waals surface area contributed by atoms with Crippen molar-refractivity contribution in [2.24, 2.45) is 11.8 Å². The van der Waals surface area contributed by atoms with Crippen molar-refractivity contribution in [3.63, 3.8) is 0 Å².